The van der Waals surface area contributed by atoms with Crippen LogP contribution in [0.25, 0.3) is 0 Å². The van der Waals surface area contributed by atoms with Gasteiger partial charge in [0.05, 0.1) is 11.9 Å². The lowest BCUT2D eigenvalue weighted by atomic mass is 10.1. The Labute approximate surface area is 168 Å². The second-order valence-corrected chi connectivity index (χ2v) is 7.47. The van der Waals surface area contributed by atoms with Gasteiger partial charge in [-0.3, -0.25) is 9.59 Å². The molecule has 3 rings (SSSR count). The summed E-state index contributed by atoms with van der Waals surface area (Å²) in [5.41, 5.74) is 1.31. The number of carbonyl (C=O) groups excluding carboxylic acids is 2. The summed E-state index contributed by atoms with van der Waals surface area (Å²) in [5.74, 6) is -0.0530. The number of amides is 2. The highest BCUT2D eigenvalue weighted by Gasteiger charge is 2.34. The maximum absolute atomic E-state index is 12.8. The number of anilines is 2. The number of hydrogen-bond acceptors (Lipinski definition) is 4. The van der Waals surface area contributed by atoms with Crippen molar-refractivity contribution in [2.75, 3.05) is 30.9 Å². The van der Waals surface area contributed by atoms with Crippen LogP contribution in [0.1, 0.15) is 23.2 Å². The molecule has 1 fully saturated rings. The zero-order valence-corrected chi connectivity index (χ0v) is 16.6. The summed E-state index contributed by atoms with van der Waals surface area (Å²) in [4.78, 5) is 33.3. The van der Waals surface area contributed by atoms with Crippen molar-refractivity contribution in [1.29, 1.82) is 0 Å². The van der Waals surface area contributed by atoms with Crippen molar-refractivity contribution in [3.05, 3.63) is 52.1 Å². The van der Waals surface area contributed by atoms with Crippen LogP contribution < -0.4 is 10.2 Å². The largest absolute Gasteiger partial charge is 0.376 e. The molecule has 1 N–H and O–H groups in total. The van der Waals surface area contributed by atoms with Crippen molar-refractivity contribution < 1.29 is 9.59 Å². The van der Waals surface area contributed by atoms with E-state index in [2.05, 4.69) is 10.3 Å². The number of aromatic nitrogens is 1. The molecule has 27 heavy (non-hydrogen) atoms. The van der Waals surface area contributed by atoms with Crippen LogP contribution in [0.3, 0.4) is 0 Å². The first-order valence-corrected chi connectivity index (χ1v) is 9.32. The van der Waals surface area contributed by atoms with Gasteiger partial charge in [-0.2, -0.15) is 0 Å². The van der Waals surface area contributed by atoms with E-state index >= 15 is 0 Å². The summed E-state index contributed by atoms with van der Waals surface area (Å²) >= 11 is 12.0. The van der Waals surface area contributed by atoms with Crippen LogP contribution in [0, 0.1) is 0 Å². The summed E-state index contributed by atoms with van der Waals surface area (Å²) in [6.07, 6.45) is 3.04. The first kappa shape index (κ1) is 19.5. The highest BCUT2D eigenvalue weighted by atomic mass is 35.5. The van der Waals surface area contributed by atoms with Crippen molar-refractivity contribution in [2.24, 2.45) is 0 Å². The molecule has 2 amide bonds. The van der Waals surface area contributed by atoms with Gasteiger partial charge in [-0.15, -0.1) is 0 Å². The Kier molecular flexibility index (Phi) is 5.87. The van der Waals surface area contributed by atoms with Gasteiger partial charge >= 0.3 is 0 Å². The third-order valence-electron chi connectivity index (χ3n) is 4.44. The second kappa shape index (κ2) is 8.15. The van der Waals surface area contributed by atoms with E-state index in [-0.39, 0.29) is 11.8 Å². The van der Waals surface area contributed by atoms with Gasteiger partial charge in [0.1, 0.15) is 11.9 Å². The molecule has 2 heterocycles. The average molecular weight is 407 g/mol. The van der Waals surface area contributed by atoms with Gasteiger partial charge in [0, 0.05) is 36.2 Å². The van der Waals surface area contributed by atoms with Crippen molar-refractivity contribution >= 4 is 46.5 Å². The number of carbonyl (C=O) groups is 2. The monoisotopic (exact) mass is 406 g/mol. The molecule has 0 spiro atoms. The predicted molar refractivity (Wildman–Crippen MR) is 108 cm³/mol. The van der Waals surface area contributed by atoms with E-state index in [1.54, 1.807) is 35.4 Å². The Morgan fingerprint density at radius 2 is 1.89 bits per heavy atom. The quantitative estimate of drug-likeness (QED) is 0.840. The van der Waals surface area contributed by atoms with Crippen molar-refractivity contribution in [3.63, 3.8) is 0 Å². The minimum atomic E-state index is -0.550. The number of benzene rings is 1. The van der Waals surface area contributed by atoms with E-state index in [1.165, 1.54) is 0 Å². The first-order chi connectivity index (χ1) is 12.8. The van der Waals surface area contributed by atoms with Crippen LogP contribution in [0.5, 0.6) is 0 Å². The lowest BCUT2D eigenvalue weighted by Gasteiger charge is -2.24. The highest BCUT2D eigenvalue weighted by molar-refractivity contribution is 6.35. The lowest BCUT2D eigenvalue weighted by molar-refractivity contribution is -0.119. The van der Waals surface area contributed by atoms with Crippen molar-refractivity contribution in [3.8, 4) is 0 Å². The number of rotatable bonds is 4. The molecule has 1 aromatic heterocycles. The van der Waals surface area contributed by atoms with Gasteiger partial charge in [-0.25, -0.2) is 4.98 Å². The summed E-state index contributed by atoms with van der Waals surface area (Å²) in [6.45, 7) is 0.508. The van der Waals surface area contributed by atoms with Crippen LogP contribution in [0.15, 0.2) is 36.5 Å². The van der Waals surface area contributed by atoms with Gasteiger partial charge in [-0.05, 0) is 43.2 Å². The minimum absolute atomic E-state index is 0.251. The summed E-state index contributed by atoms with van der Waals surface area (Å²) in [7, 11) is 3.83. The zero-order valence-electron chi connectivity index (χ0n) is 15.1. The Bertz CT molecular complexity index is 835. The van der Waals surface area contributed by atoms with E-state index in [0.717, 1.165) is 12.1 Å². The maximum Gasteiger partial charge on any atom is 0.254 e. The molecule has 0 bridgehead atoms. The normalized spacial score (nSPS) is 16.3. The molecule has 0 radical (unpaired) electrons. The highest BCUT2D eigenvalue weighted by Crippen LogP contribution is 2.25. The number of nitrogens with one attached hydrogen (secondary N) is 1. The number of hydrogen-bond donors (Lipinski definition) is 1. The number of nitrogens with zero attached hydrogens (tertiary/aromatic N) is 3. The summed E-state index contributed by atoms with van der Waals surface area (Å²) < 4.78 is 0. The fourth-order valence-electron chi connectivity index (χ4n) is 3.06. The van der Waals surface area contributed by atoms with E-state index in [0.29, 0.717) is 34.4 Å². The van der Waals surface area contributed by atoms with Crippen LogP contribution in [0.2, 0.25) is 10.0 Å². The van der Waals surface area contributed by atoms with Gasteiger partial charge in [0.2, 0.25) is 5.91 Å². The smallest absolute Gasteiger partial charge is 0.254 e. The second-order valence-electron chi connectivity index (χ2n) is 6.60. The van der Waals surface area contributed by atoms with Gasteiger partial charge in [0.15, 0.2) is 0 Å². The molecule has 6 nitrogen and oxygen atoms in total. The Morgan fingerprint density at radius 3 is 2.48 bits per heavy atom. The topological polar surface area (TPSA) is 65.5 Å². The molecule has 2 aromatic rings. The predicted octanol–water partition coefficient (Wildman–Crippen LogP) is 3.70. The molecule has 1 aliphatic rings. The minimum Gasteiger partial charge on any atom is -0.376 e. The Balaban J connectivity index is 1.73. The molecule has 1 aliphatic heterocycles. The number of likely N-dealkylation sites (tertiary alicyclic amines) is 1. The van der Waals surface area contributed by atoms with E-state index < -0.39 is 6.04 Å². The molecule has 1 atom stereocenters. The van der Waals surface area contributed by atoms with E-state index in [4.69, 9.17) is 23.2 Å². The lowest BCUT2D eigenvalue weighted by Crippen LogP contribution is -2.43. The van der Waals surface area contributed by atoms with Crippen LogP contribution in [-0.2, 0) is 4.79 Å². The molecule has 0 unspecified atom stereocenters. The van der Waals surface area contributed by atoms with Crippen LogP contribution in [0.4, 0.5) is 11.5 Å². The molecular formula is C19H20Cl2N4O2. The van der Waals surface area contributed by atoms with Gasteiger partial charge < -0.3 is 15.1 Å². The first-order valence-electron chi connectivity index (χ1n) is 8.56. The number of halogens is 2. The fraction of sp³-hybridized carbons (Fsp3) is 0.316. The molecule has 8 heteroatoms. The molecular weight excluding hydrogens is 387 g/mol. The molecule has 0 saturated carbocycles. The van der Waals surface area contributed by atoms with Gasteiger partial charge in [-0.1, -0.05) is 23.2 Å². The standard InChI is InChI=1S/C19H20Cl2N4O2/c1-24(2)15-5-6-17(22-11-15)23-18(26)16-4-3-7-25(16)19(27)12-8-13(20)10-14(21)9-12/h5-6,8-11,16H,3-4,7H2,1-2H3,(H,22,23,26)/t16-/m1/s1. The summed E-state index contributed by atoms with van der Waals surface area (Å²) in [5, 5.41) is 3.57. The van der Waals surface area contributed by atoms with Crippen LogP contribution in [-0.4, -0.2) is 48.4 Å². The molecule has 1 saturated heterocycles. The number of pyridine rings is 1. The Morgan fingerprint density at radius 1 is 1.19 bits per heavy atom. The van der Waals surface area contributed by atoms with Crippen molar-refractivity contribution in [2.45, 2.75) is 18.9 Å². The SMILES string of the molecule is CN(C)c1ccc(NC(=O)[C@H]2CCCN2C(=O)c2cc(Cl)cc(Cl)c2)nc1. The molecule has 142 valence electrons. The zero-order chi connectivity index (χ0) is 19.6. The molecule has 0 aliphatic carbocycles. The Hall–Kier alpha value is -2.31. The fourth-order valence-corrected chi connectivity index (χ4v) is 3.59. The van der Waals surface area contributed by atoms with Gasteiger partial charge in [0.25, 0.3) is 5.91 Å². The third-order valence-corrected chi connectivity index (χ3v) is 4.88. The average Bonchev–Trinajstić information content (AvgIpc) is 3.10. The molecule has 1 aromatic carbocycles. The van der Waals surface area contributed by atoms with Crippen molar-refractivity contribution in [1.82, 2.24) is 9.88 Å². The maximum atomic E-state index is 12.8. The van der Waals surface area contributed by atoms with E-state index in [1.807, 2.05) is 25.1 Å². The third kappa shape index (κ3) is 4.51. The van der Waals surface area contributed by atoms with Crippen LogP contribution >= 0.6 is 23.2 Å². The summed E-state index contributed by atoms with van der Waals surface area (Å²) in [6, 6.07) is 7.75. The van der Waals surface area contributed by atoms with E-state index in [9.17, 15) is 9.59 Å².